The van der Waals surface area contributed by atoms with Gasteiger partial charge in [-0.05, 0) is 6.92 Å². The van der Waals surface area contributed by atoms with Gasteiger partial charge in [0, 0.05) is 19.2 Å². The highest BCUT2D eigenvalue weighted by molar-refractivity contribution is 5.46. The van der Waals surface area contributed by atoms with Crippen LogP contribution in [0, 0.1) is 0 Å². The topological polar surface area (TPSA) is 105 Å². The molecule has 7 nitrogen and oxygen atoms in total. The lowest BCUT2D eigenvalue weighted by molar-refractivity contribution is 0.128. The lowest BCUT2D eigenvalue weighted by Gasteiger charge is -2.08. The molecule has 0 fully saturated rings. The quantitative estimate of drug-likeness (QED) is 0.374. The predicted molar refractivity (Wildman–Crippen MR) is 60.7 cm³/mol. The molecule has 0 bridgehead atoms. The molecule has 0 aliphatic rings. The predicted octanol–water partition coefficient (Wildman–Crippen LogP) is -0.297. The number of ether oxygens (including phenoxy) is 1. The van der Waals surface area contributed by atoms with E-state index in [0.29, 0.717) is 37.2 Å². The number of nitrogens with one attached hydrogen (secondary N) is 2. The highest BCUT2D eigenvalue weighted by Gasteiger charge is 2.03. The second-order valence-electron chi connectivity index (χ2n) is 2.99. The van der Waals surface area contributed by atoms with Gasteiger partial charge < -0.3 is 20.6 Å². The van der Waals surface area contributed by atoms with Crippen LogP contribution < -0.4 is 16.6 Å². The Hall–Kier alpha value is -1.44. The molecule has 1 aromatic heterocycles. The summed E-state index contributed by atoms with van der Waals surface area (Å²) in [5.74, 6) is 6.93. The van der Waals surface area contributed by atoms with E-state index in [1.165, 1.54) is 0 Å². The molecule has 7 heteroatoms. The first-order valence-electron chi connectivity index (χ1n) is 5.07. The summed E-state index contributed by atoms with van der Waals surface area (Å²) < 4.78 is 5.21. The van der Waals surface area contributed by atoms with Crippen molar-refractivity contribution in [1.29, 1.82) is 0 Å². The molecule has 1 aromatic rings. The standard InChI is InChI=1S/C9H17N5O2/c1-2-16-6-9-12-7(11-3-4-15)5-8(13-9)14-10/h5,15H,2-4,6,10H2,1H3,(H2,11,12,13,14). The molecule has 0 atom stereocenters. The van der Waals surface area contributed by atoms with Crippen molar-refractivity contribution < 1.29 is 9.84 Å². The molecular formula is C9H17N5O2. The van der Waals surface area contributed by atoms with Gasteiger partial charge in [0.25, 0.3) is 0 Å². The molecule has 0 saturated heterocycles. The first-order chi connectivity index (χ1) is 7.80. The van der Waals surface area contributed by atoms with Crippen LogP contribution in [0.4, 0.5) is 11.6 Å². The third-order valence-electron chi connectivity index (χ3n) is 1.77. The number of rotatable bonds is 7. The number of hydrogen-bond acceptors (Lipinski definition) is 7. The molecule has 1 rings (SSSR count). The van der Waals surface area contributed by atoms with Gasteiger partial charge in [-0.3, -0.25) is 0 Å². The van der Waals surface area contributed by atoms with E-state index in [9.17, 15) is 0 Å². The number of hydrogen-bond donors (Lipinski definition) is 4. The van der Waals surface area contributed by atoms with Crippen molar-refractivity contribution in [3.63, 3.8) is 0 Å². The number of hydrazine groups is 1. The Morgan fingerprint density at radius 2 is 2.19 bits per heavy atom. The summed E-state index contributed by atoms with van der Waals surface area (Å²) in [6.45, 7) is 3.30. The van der Waals surface area contributed by atoms with Crippen LogP contribution in [0.1, 0.15) is 12.7 Å². The van der Waals surface area contributed by atoms with Crippen molar-refractivity contribution in [1.82, 2.24) is 9.97 Å². The van der Waals surface area contributed by atoms with Gasteiger partial charge in [-0.1, -0.05) is 0 Å². The molecule has 0 aromatic carbocycles. The average molecular weight is 227 g/mol. The van der Waals surface area contributed by atoms with Crippen molar-refractivity contribution in [2.24, 2.45) is 5.84 Å². The largest absolute Gasteiger partial charge is 0.395 e. The zero-order valence-electron chi connectivity index (χ0n) is 9.23. The van der Waals surface area contributed by atoms with E-state index < -0.39 is 0 Å². The molecular weight excluding hydrogens is 210 g/mol. The Balaban J connectivity index is 2.74. The van der Waals surface area contributed by atoms with Crippen LogP contribution in [0.2, 0.25) is 0 Å². The molecule has 16 heavy (non-hydrogen) atoms. The minimum absolute atomic E-state index is 0.0379. The summed E-state index contributed by atoms with van der Waals surface area (Å²) in [7, 11) is 0. The molecule has 5 N–H and O–H groups in total. The lowest BCUT2D eigenvalue weighted by atomic mass is 10.4. The monoisotopic (exact) mass is 227 g/mol. The van der Waals surface area contributed by atoms with Crippen LogP contribution >= 0.6 is 0 Å². The fourth-order valence-corrected chi connectivity index (χ4v) is 1.10. The number of nitrogen functional groups attached to an aromatic ring is 1. The van der Waals surface area contributed by atoms with Crippen LogP contribution in [0.15, 0.2) is 6.07 Å². The second kappa shape index (κ2) is 6.94. The minimum Gasteiger partial charge on any atom is -0.395 e. The minimum atomic E-state index is 0.0379. The zero-order chi connectivity index (χ0) is 11.8. The highest BCUT2D eigenvalue weighted by atomic mass is 16.5. The van der Waals surface area contributed by atoms with Gasteiger partial charge in [-0.2, -0.15) is 0 Å². The summed E-state index contributed by atoms with van der Waals surface area (Å²) in [6, 6.07) is 1.66. The Labute approximate surface area is 94.0 Å². The normalized spacial score (nSPS) is 10.2. The fraction of sp³-hybridized carbons (Fsp3) is 0.556. The number of nitrogens with two attached hydrogens (primary N) is 1. The van der Waals surface area contributed by atoms with Crippen molar-refractivity contribution in [2.75, 3.05) is 30.5 Å². The summed E-state index contributed by atoms with van der Waals surface area (Å²) in [5, 5.41) is 11.6. The summed E-state index contributed by atoms with van der Waals surface area (Å²) >= 11 is 0. The van der Waals surface area contributed by atoms with Crippen LogP contribution in [0.3, 0.4) is 0 Å². The molecule has 0 unspecified atom stereocenters. The van der Waals surface area contributed by atoms with Gasteiger partial charge in [0.15, 0.2) is 5.82 Å². The number of aromatic nitrogens is 2. The smallest absolute Gasteiger partial charge is 0.158 e. The lowest BCUT2D eigenvalue weighted by Crippen LogP contribution is -2.14. The molecule has 0 aliphatic heterocycles. The molecule has 0 spiro atoms. The summed E-state index contributed by atoms with van der Waals surface area (Å²) in [5.41, 5.74) is 2.45. The molecule has 0 amide bonds. The first-order valence-corrected chi connectivity index (χ1v) is 5.07. The molecule has 0 aliphatic carbocycles. The van der Waals surface area contributed by atoms with Gasteiger partial charge in [0.1, 0.15) is 18.2 Å². The molecule has 90 valence electrons. The van der Waals surface area contributed by atoms with Crippen LogP contribution in [0.25, 0.3) is 0 Å². The molecule has 1 heterocycles. The maximum absolute atomic E-state index is 8.69. The van der Waals surface area contributed by atoms with E-state index in [4.69, 9.17) is 15.7 Å². The Bertz CT molecular complexity index is 295. The second-order valence-corrected chi connectivity index (χ2v) is 2.99. The van der Waals surface area contributed by atoms with Crippen LogP contribution in [-0.2, 0) is 11.3 Å². The van der Waals surface area contributed by atoms with Crippen LogP contribution in [0.5, 0.6) is 0 Å². The van der Waals surface area contributed by atoms with E-state index in [2.05, 4.69) is 20.7 Å². The summed E-state index contributed by atoms with van der Waals surface area (Å²) in [6.07, 6.45) is 0. The zero-order valence-corrected chi connectivity index (χ0v) is 9.23. The Morgan fingerprint density at radius 1 is 1.44 bits per heavy atom. The van der Waals surface area contributed by atoms with Gasteiger partial charge in [-0.25, -0.2) is 15.8 Å². The van der Waals surface area contributed by atoms with Crippen molar-refractivity contribution in [3.8, 4) is 0 Å². The number of anilines is 2. The number of aliphatic hydroxyl groups excluding tert-OH is 1. The third kappa shape index (κ3) is 3.97. The number of aliphatic hydroxyl groups is 1. The fourth-order valence-electron chi connectivity index (χ4n) is 1.10. The molecule has 0 saturated carbocycles. The maximum atomic E-state index is 8.69. The molecule has 0 radical (unpaired) electrons. The average Bonchev–Trinajstić information content (AvgIpc) is 2.33. The number of nitrogens with zero attached hydrogens (tertiary/aromatic N) is 2. The van der Waals surface area contributed by atoms with Crippen molar-refractivity contribution >= 4 is 11.6 Å². The van der Waals surface area contributed by atoms with E-state index >= 15 is 0 Å². The van der Waals surface area contributed by atoms with Crippen molar-refractivity contribution in [2.45, 2.75) is 13.5 Å². The third-order valence-corrected chi connectivity index (χ3v) is 1.77. The summed E-state index contributed by atoms with van der Waals surface area (Å²) in [4.78, 5) is 8.33. The van der Waals surface area contributed by atoms with E-state index in [0.717, 1.165) is 0 Å². The van der Waals surface area contributed by atoms with E-state index in [1.807, 2.05) is 6.92 Å². The van der Waals surface area contributed by atoms with Crippen LogP contribution in [-0.4, -0.2) is 34.8 Å². The van der Waals surface area contributed by atoms with Gasteiger partial charge >= 0.3 is 0 Å². The van der Waals surface area contributed by atoms with E-state index in [-0.39, 0.29) is 6.61 Å². The first kappa shape index (κ1) is 12.6. The maximum Gasteiger partial charge on any atom is 0.158 e. The SMILES string of the molecule is CCOCc1nc(NN)cc(NCCO)n1. The Kier molecular flexibility index (Phi) is 5.48. The Morgan fingerprint density at radius 3 is 2.81 bits per heavy atom. The van der Waals surface area contributed by atoms with Gasteiger partial charge in [-0.15, -0.1) is 0 Å². The van der Waals surface area contributed by atoms with Crippen molar-refractivity contribution in [3.05, 3.63) is 11.9 Å². The van der Waals surface area contributed by atoms with Gasteiger partial charge in [0.05, 0.1) is 6.61 Å². The van der Waals surface area contributed by atoms with Gasteiger partial charge in [0.2, 0.25) is 0 Å². The highest BCUT2D eigenvalue weighted by Crippen LogP contribution is 2.10. The van der Waals surface area contributed by atoms with E-state index in [1.54, 1.807) is 6.07 Å².